The van der Waals surface area contributed by atoms with Crippen molar-refractivity contribution >= 4 is 6.08 Å². The van der Waals surface area contributed by atoms with Crippen LogP contribution in [0.4, 0.5) is 13.2 Å². The zero-order chi connectivity index (χ0) is 12.2. The smallest absolute Gasteiger partial charge is 0.380 e. The summed E-state index contributed by atoms with van der Waals surface area (Å²) in [5.41, 5.74) is 0.131. The number of nitrogens with one attached hydrogen (secondary N) is 1. The van der Waals surface area contributed by atoms with Gasteiger partial charge in [-0.3, -0.25) is 0 Å². The van der Waals surface area contributed by atoms with Crippen molar-refractivity contribution in [2.45, 2.75) is 6.18 Å². The van der Waals surface area contributed by atoms with E-state index in [1.807, 2.05) is 6.07 Å². The zero-order valence-corrected chi connectivity index (χ0v) is 8.47. The van der Waals surface area contributed by atoms with E-state index in [4.69, 9.17) is 5.26 Å². The normalized spacial score (nSPS) is 12.1. The quantitative estimate of drug-likeness (QED) is 0.787. The van der Waals surface area contributed by atoms with E-state index in [1.54, 1.807) is 7.05 Å². The van der Waals surface area contributed by atoms with Crippen LogP contribution in [0.5, 0.6) is 0 Å². The number of nitriles is 1. The summed E-state index contributed by atoms with van der Waals surface area (Å²) >= 11 is 0. The van der Waals surface area contributed by atoms with Crippen molar-refractivity contribution in [1.82, 2.24) is 5.32 Å². The molecular formula is C11H9F3N2. The fourth-order valence-corrected chi connectivity index (χ4v) is 1.10. The minimum atomic E-state index is -4.33. The number of allylic oxidation sites excluding steroid dienone is 1. The molecule has 0 saturated carbocycles. The Bertz CT molecular complexity index is 424. The van der Waals surface area contributed by atoms with Gasteiger partial charge >= 0.3 is 6.18 Å². The predicted octanol–water partition coefficient (Wildman–Crippen LogP) is 2.79. The molecule has 84 valence electrons. The van der Waals surface area contributed by atoms with Gasteiger partial charge in [-0.25, -0.2) is 0 Å². The Morgan fingerprint density at radius 3 is 2.25 bits per heavy atom. The Balaban J connectivity index is 2.97. The van der Waals surface area contributed by atoms with Crippen molar-refractivity contribution in [2.75, 3.05) is 7.05 Å². The maximum absolute atomic E-state index is 12.2. The standard InChI is InChI=1S/C11H9F3N2/c1-16-10(7-15)6-8-2-4-9(5-3-8)11(12,13)14/h2-6,16H,1H3/b10-6+. The summed E-state index contributed by atoms with van der Waals surface area (Å²) in [7, 11) is 1.57. The van der Waals surface area contributed by atoms with Crippen molar-refractivity contribution in [3.05, 3.63) is 41.1 Å². The van der Waals surface area contributed by atoms with Gasteiger partial charge < -0.3 is 5.32 Å². The molecule has 0 spiro atoms. The summed E-state index contributed by atoms with van der Waals surface area (Å²) in [6.07, 6.45) is -2.86. The number of benzene rings is 1. The van der Waals surface area contributed by atoms with E-state index in [0.717, 1.165) is 12.1 Å². The highest BCUT2D eigenvalue weighted by atomic mass is 19.4. The Morgan fingerprint density at radius 2 is 1.88 bits per heavy atom. The summed E-state index contributed by atoms with van der Waals surface area (Å²) < 4.78 is 36.7. The Labute approximate surface area is 91.0 Å². The lowest BCUT2D eigenvalue weighted by atomic mass is 10.1. The minimum Gasteiger partial charge on any atom is -0.380 e. The van der Waals surface area contributed by atoms with Crippen LogP contribution in [-0.2, 0) is 6.18 Å². The third kappa shape index (κ3) is 3.02. The average molecular weight is 226 g/mol. The molecule has 0 radical (unpaired) electrons. The van der Waals surface area contributed by atoms with Crippen LogP contribution in [0.2, 0.25) is 0 Å². The van der Waals surface area contributed by atoms with Crippen LogP contribution in [0.15, 0.2) is 30.0 Å². The van der Waals surface area contributed by atoms with E-state index in [9.17, 15) is 13.2 Å². The molecule has 0 aliphatic carbocycles. The molecule has 0 bridgehead atoms. The van der Waals surface area contributed by atoms with Gasteiger partial charge in [-0.15, -0.1) is 0 Å². The van der Waals surface area contributed by atoms with Gasteiger partial charge in [0.1, 0.15) is 11.8 Å². The van der Waals surface area contributed by atoms with E-state index in [-0.39, 0.29) is 0 Å². The molecule has 0 aliphatic heterocycles. The highest BCUT2D eigenvalue weighted by Gasteiger charge is 2.29. The molecule has 1 aromatic carbocycles. The van der Waals surface area contributed by atoms with Crippen LogP contribution < -0.4 is 5.32 Å². The molecule has 0 aromatic heterocycles. The van der Waals surface area contributed by atoms with Gasteiger partial charge in [-0.05, 0) is 23.8 Å². The lowest BCUT2D eigenvalue weighted by Crippen LogP contribution is -2.05. The minimum absolute atomic E-state index is 0.291. The molecule has 0 atom stereocenters. The third-order valence-corrected chi connectivity index (χ3v) is 1.94. The molecule has 2 nitrogen and oxygen atoms in total. The van der Waals surface area contributed by atoms with Crippen molar-refractivity contribution in [1.29, 1.82) is 5.26 Å². The highest BCUT2D eigenvalue weighted by molar-refractivity contribution is 5.56. The van der Waals surface area contributed by atoms with Crippen LogP contribution in [0.25, 0.3) is 6.08 Å². The number of hydrogen-bond donors (Lipinski definition) is 1. The van der Waals surface area contributed by atoms with Gasteiger partial charge in [0.05, 0.1) is 5.56 Å². The molecule has 0 fully saturated rings. The number of hydrogen-bond acceptors (Lipinski definition) is 2. The second-order valence-electron chi connectivity index (χ2n) is 3.04. The van der Waals surface area contributed by atoms with Crippen LogP contribution in [-0.4, -0.2) is 7.05 Å². The molecule has 1 N–H and O–H groups in total. The van der Waals surface area contributed by atoms with E-state index < -0.39 is 11.7 Å². The lowest BCUT2D eigenvalue weighted by molar-refractivity contribution is -0.137. The number of alkyl halides is 3. The summed E-state index contributed by atoms with van der Waals surface area (Å²) in [6, 6.07) is 6.47. The van der Waals surface area contributed by atoms with Crippen LogP contribution >= 0.6 is 0 Å². The number of rotatable bonds is 2. The lowest BCUT2D eigenvalue weighted by Gasteiger charge is -2.06. The first-order chi connectivity index (χ1) is 7.47. The fourth-order valence-electron chi connectivity index (χ4n) is 1.10. The van der Waals surface area contributed by atoms with Gasteiger partial charge in [0.25, 0.3) is 0 Å². The number of nitrogens with zero attached hydrogens (tertiary/aromatic N) is 1. The average Bonchev–Trinajstić information content (AvgIpc) is 2.25. The summed E-state index contributed by atoms with van der Waals surface area (Å²) in [5, 5.41) is 11.2. The van der Waals surface area contributed by atoms with E-state index in [2.05, 4.69) is 5.32 Å². The van der Waals surface area contributed by atoms with E-state index in [1.165, 1.54) is 18.2 Å². The molecular weight excluding hydrogens is 217 g/mol. The van der Waals surface area contributed by atoms with Crippen LogP contribution in [0.1, 0.15) is 11.1 Å². The van der Waals surface area contributed by atoms with E-state index >= 15 is 0 Å². The zero-order valence-electron chi connectivity index (χ0n) is 8.47. The molecule has 16 heavy (non-hydrogen) atoms. The van der Waals surface area contributed by atoms with Crippen molar-refractivity contribution in [3.63, 3.8) is 0 Å². The SMILES string of the molecule is CN/C(C#N)=C/c1ccc(C(F)(F)F)cc1. The molecule has 0 saturated heterocycles. The molecule has 1 aromatic rings. The Morgan fingerprint density at radius 1 is 1.31 bits per heavy atom. The first-order valence-corrected chi connectivity index (χ1v) is 4.44. The second kappa shape index (κ2) is 4.71. The predicted molar refractivity (Wildman–Crippen MR) is 54.1 cm³/mol. The summed E-state index contributed by atoms with van der Waals surface area (Å²) in [5.74, 6) is 0. The van der Waals surface area contributed by atoms with Gasteiger partial charge in [0, 0.05) is 7.05 Å². The summed E-state index contributed by atoms with van der Waals surface area (Å²) in [6.45, 7) is 0. The monoisotopic (exact) mass is 226 g/mol. The van der Waals surface area contributed by atoms with Crippen LogP contribution in [0.3, 0.4) is 0 Å². The van der Waals surface area contributed by atoms with Gasteiger partial charge in [-0.1, -0.05) is 12.1 Å². The topological polar surface area (TPSA) is 35.8 Å². The number of halogens is 3. The maximum atomic E-state index is 12.2. The van der Waals surface area contributed by atoms with Gasteiger partial charge in [0.15, 0.2) is 0 Å². The van der Waals surface area contributed by atoms with Crippen molar-refractivity contribution < 1.29 is 13.2 Å². The van der Waals surface area contributed by atoms with Crippen molar-refractivity contribution in [3.8, 4) is 6.07 Å². The third-order valence-electron chi connectivity index (χ3n) is 1.94. The largest absolute Gasteiger partial charge is 0.416 e. The first kappa shape index (κ1) is 12.1. The molecule has 1 rings (SSSR count). The maximum Gasteiger partial charge on any atom is 0.416 e. The first-order valence-electron chi connectivity index (χ1n) is 4.44. The van der Waals surface area contributed by atoms with Gasteiger partial charge in [0.2, 0.25) is 0 Å². The summed E-state index contributed by atoms with van der Waals surface area (Å²) in [4.78, 5) is 0. The molecule has 0 amide bonds. The Kier molecular flexibility index (Phi) is 3.56. The Hall–Kier alpha value is -1.96. The molecule has 0 unspecified atom stereocenters. The van der Waals surface area contributed by atoms with Crippen LogP contribution in [0, 0.1) is 11.3 Å². The second-order valence-corrected chi connectivity index (χ2v) is 3.04. The molecule has 0 heterocycles. The fraction of sp³-hybridized carbons (Fsp3) is 0.182. The highest BCUT2D eigenvalue weighted by Crippen LogP contribution is 2.29. The van der Waals surface area contributed by atoms with E-state index in [0.29, 0.717) is 11.3 Å². The van der Waals surface area contributed by atoms with Crippen molar-refractivity contribution in [2.24, 2.45) is 0 Å². The molecule has 0 aliphatic rings. The molecule has 5 heteroatoms. The van der Waals surface area contributed by atoms with Gasteiger partial charge in [-0.2, -0.15) is 18.4 Å².